The largest absolute Gasteiger partial charge is 0.478 e. The van der Waals surface area contributed by atoms with E-state index in [9.17, 15) is 4.79 Å². The number of hydrogen-bond acceptors (Lipinski definition) is 2. The molecule has 22 heavy (non-hydrogen) atoms. The summed E-state index contributed by atoms with van der Waals surface area (Å²) in [6, 6.07) is 10.6. The molecule has 1 heterocycles. The number of carbonyl (C=O) groups is 1. The number of fused-ring (bicyclic) bond motifs is 1. The third-order valence-electron chi connectivity index (χ3n) is 3.62. The maximum Gasteiger partial charge on any atom is 0.335 e. The molecule has 3 rings (SSSR count). The number of furan rings is 1. The lowest BCUT2D eigenvalue weighted by molar-refractivity contribution is 0.0697. The molecule has 0 unspecified atom stereocenters. The van der Waals surface area contributed by atoms with Gasteiger partial charge in [0.25, 0.3) is 0 Å². The molecular weight excluding hydrogens is 368 g/mol. The van der Waals surface area contributed by atoms with Crippen LogP contribution < -0.4 is 0 Å². The van der Waals surface area contributed by atoms with Crippen molar-refractivity contribution in [3.8, 4) is 0 Å². The summed E-state index contributed by atoms with van der Waals surface area (Å²) in [7, 11) is 0. The molecule has 2 aromatic carbocycles. The smallest absolute Gasteiger partial charge is 0.335 e. The van der Waals surface area contributed by atoms with E-state index in [0.29, 0.717) is 17.0 Å². The quantitative estimate of drug-likeness (QED) is 0.658. The van der Waals surface area contributed by atoms with E-state index in [0.717, 1.165) is 26.7 Å². The highest BCUT2D eigenvalue weighted by Gasteiger charge is 2.15. The lowest BCUT2D eigenvalue weighted by Gasteiger charge is -2.05. The molecule has 0 atom stereocenters. The molecule has 3 aromatic rings. The van der Waals surface area contributed by atoms with Gasteiger partial charge < -0.3 is 9.52 Å². The third-order valence-corrected chi connectivity index (χ3v) is 4.47. The van der Waals surface area contributed by atoms with Crippen LogP contribution in [-0.4, -0.2) is 11.1 Å². The Morgan fingerprint density at radius 3 is 2.73 bits per heavy atom. The number of aromatic carboxylic acids is 1. The van der Waals surface area contributed by atoms with Gasteiger partial charge in [0.15, 0.2) is 0 Å². The first-order valence-corrected chi connectivity index (χ1v) is 7.82. The molecule has 0 aliphatic carbocycles. The van der Waals surface area contributed by atoms with Gasteiger partial charge >= 0.3 is 5.97 Å². The predicted octanol–water partition coefficient (Wildman–Crippen LogP) is 5.45. The average molecular weight is 380 g/mol. The summed E-state index contributed by atoms with van der Waals surface area (Å²) in [4.78, 5) is 11.2. The molecular formula is C17H12BrClO3. The van der Waals surface area contributed by atoms with Crippen LogP contribution in [0.4, 0.5) is 0 Å². The number of halogens is 2. The zero-order valence-corrected chi connectivity index (χ0v) is 14.0. The van der Waals surface area contributed by atoms with Gasteiger partial charge in [-0.25, -0.2) is 4.79 Å². The number of rotatable bonds is 3. The molecule has 0 saturated heterocycles. The molecule has 0 fully saturated rings. The number of hydrogen-bond donors (Lipinski definition) is 1. The van der Waals surface area contributed by atoms with E-state index in [-0.39, 0.29) is 5.56 Å². The number of aryl methyl sites for hydroxylation is 1. The first kappa shape index (κ1) is 15.1. The van der Waals surface area contributed by atoms with Crippen LogP contribution >= 0.6 is 27.5 Å². The highest BCUT2D eigenvalue weighted by Crippen LogP contribution is 2.31. The second kappa shape index (κ2) is 5.78. The summed E-state index contributed by atoms with van der Waals surface area (Å²) in [5.74, 6) is -0.176. The normalized spacial score (nSPS) is 11.0. The third kappa shape index (κ3) is 2.76. The molecule has 0 aliphatic rings. The zero-order chi connectivity index (χ0) is 15.9. The van der Waals surface area contributed by atoms with Gasteiger partial charge in [0, 0.05) is 26.9 Å². The van der Waals surface area contributed by atoms with Gasteiger partial charge in [-0.05, 0) is 42.8 Å². The molecule has 1 N–H and O–H groups in total. The van der Waals surface area contributed by atoms with Crippen molar-refractivity contribution < 1.29 is 14.3 Å². The molecule has 0 aliphatic heterocycles. The zero-order valence-electron chi connectivity index (χ0n) is 11.7. The predicted molar refractivity (Wildman–Crippen MR) is 89.9 cm³/mol. The Balaban J connectivity index is 2.11. The SMILES string of the molecule is Cc1oc2ccc(C(=O)O)cc2c1Cc1ccc(Br)cc1Cl. The summed E-state index contributed by atoms with van der Waals surface area (Å²) in [6.07, 6.45) is 0.591. The van der Waals surface area contributed by atoms with Gasteiger partial charge in [-0.15, -0.1) is 0 Å². The van der Waals surface area contributed by atoms with E-state index >= 15 is 0 Å². The topological polar surface area (TPSA) is 50.4 Å². The number of carboxylic acids is 1. The fourth-order valence-corrected chi connectivity index (χ4v) is 3.22. The van der Waals surface area contributed by atoms with Gasteiger partial charge in [-0.2, -0.15) is 0 Å². The molecule has 3 nitrogen and oxygen atoms in total. The first-order valence-electron chi connectivity index (χ1n) is 6.65. The van der Waals surface area contributed by atoms with Crippen LogP contribution in [0.15, 0.2) is 45.3 Å². The van der Waals surface area contributed by atoms with E-state index in [1.807, 2.05) is 25.1 Å². The van der Waals surface area contributed by atoms with Gasteiger partial charge in [-0.3, -0.25) is 0 Å². The van der Waals surface area contributed by atoms with Crippen molar-refractivity contribution in [1.29, 1.82) is 0 Å². The Labute approximate surface area is 140 Å². The Morgan fingerprint density at radius 2 is 2.05 bits per heavy atom. The summed E-state index contributed by atoms with van der Waals surface area (Å²) in [5, 5.41) is 10.6. The van der Waals surface area contributed by atoms with Crippen molar-refractivity contribution >= 4 is 44.5 Å². The fraction of sp³-hybridized carbons (Fsp3) is 0.118. The molecule has 0 amide bonds. The van der Waals surface area contributed by atoms with Crippen LogP contribution in [0.1, 0.15) is 27.2 Å². The molecule has 1 aromatic heterocycles. The lowest BCUT2D eigenvalue weighted by Crippen LogP contribution is -1.96. The average Bonchev–Trinajstić information content (AvgIpc) is 2.77. The Hall–Kier alpha value is -1.78. The standard InChI is InChI=1S/C17H12BrClO3/c1-9-13(6-10-2-4-12(18)8-15(10)19)14-7-11(17(20)21)3-5-16(14)22-9/h2-5,7-8H,6H2,1H3,(H,20,21). The molecule has 5 heteroatoms. The van der Waals surface area contributed by atoms with Crippen molar-refractivity contribution in [2.45, 2.75) is 13.3 Å². The Bertz CT molecular complexity index is 883. The van der Waals surface area contributed by atoms with Crippen LogP contribution in [-0.2, 0) is 6.42 Å². The van der Waals surface area contributed by atoms with Crippen molar-refractivity contribution in [2.24, 2.45) is 0 Å². The summed E-state index contributed by atoms with van der Waals surface area (Å²) < 4.78 is 6.64. The van der Waals surface area contributed by atoms with E-state index < -0.39 is 5.97 Å². The maximum atomic E-state index is 11.2. The van der Waals surface area contributed by atoms with Crippen LogP contribution in [0.5, 0.6) is 0 Å². The van der Waals surface area contributed by atoms with Crippen molar-refractivity contribution in [1.82, 2.24) is 0 Å². The number of benzene rings is 2. The molecule has 0 spiro atoms. The first-order chi connectivity index (χ1) is 10.5. The maximum absolute atomic E-state index is 11.2. The van der Waals surface area contributed by atoms with E-state index in [1.54, 1.807) is 18.2 Å². The highest BCUT2D eigenvalue weighted by atomic mass is 79.9. The van der Waals surface area contributed by atoms with Crippen LogP contribution in [0, 0.1) is 6.92 Å². The van der Waals surface area contributed by atoms with Gasteiger partial charge in [-0.1, -0.05) is 33.6 Å². The minimum absolute atomic E-state index is 0.247. The lowest BCUT2D eigenvalue weighted by atomic mass is 10.0. The minimum Gasteiger partial charge on any atom is -0.478 e. The van der Waals surface area contributed by atoms with Crippen molar-refractivity contribution in [2.75, 3.05) is 0 Å². The van der Waals surface area contributed by atoms with E-state index in [2.05, 4.69) is 15.9 Å². The van der Waals surface area contributed by atoms with Crippen LogP contribution in [0.2, 0.25) is 5.02 Å². The van der Waals surface area contributed by atoms with Crippen molar-refractivity contribution in [3.05, 3.63) is 68.3 Å². The van der Waals surface area contributed by atoms with E-state index in [1.165, 1.54) is 0 Å². The Kier molecular flexibility index (Phi) is 3.98. The molecule has 0 radical (unpaired) electrons. The summed E-state index contributed by atoms with van der Waals surface area (Å²) in [6.45, 7) is 1.88. The second-order valence-electron chi connectivity index (χ2n) is 5.07. The monoisotopic (exact) mass is 378 g/mol. The summed E-state index contributed by atoms with van der Waals surface area (Å²) >= 11 is 9.66. The van der Waals surface area contributed by atoms with Crippen LogP contribution in [0.25, 0.3) is 11.0 Å². The van der Waals surface area contributed by atoms with Gasteiger partial charge in [0.05, 0.1) is 5.56 Å². The van der Waals surface area contributed by atoms with Gasteiger partial charge in [0.1, 0.15) is 11.3 Å². The molecule has 0 saturated carbocycles. The van der Waals surface area contributed by atoms with Gasteiger partial charge in [0.2, 0.25) is 0 Å². The number of carboxylic acid groups (broad SMARTS) is 1. The second-order valence-corrected chi connectivity index (χ2v) is 6.39. The van der Waals surface area contributed by atoms with Crippen LogP contribution in [0.3, 0.4) is 0 Å². The molecule has 0 bridgehead atoms. The summed E-state index contributed by atoms with van der Waals surface area (Å²) in [5.41, 5.74) is 2.86. The minimum atomic E-state index is -0.951. The molecule has 112 valence electrons. The van der Waals surface area contributed by atoms with E-state index in [4.69, 9.17) is 21.1 Å². The Morgan fingerprint density at radius 1 is 1.27 bits per heavy atom. The van der Waals surface area contributed by atoms with Crippen molar-refractivity contribution in [3.63, 3.8) is 0 Å². The fourth-order valence-electron chi connectivity index (χ4n) is 2.48. The highest BCUT2D eigenvalue weighted by molar-refractivity contribution is 9.10.